The zero-order valence-electron chi connectivity index (χ0n) is 11.8. The molecule has 3 nitrogen and oxygen atoms in total. The van der Waals surface area contributed by atoms with Crippen molar-refractivity contribution in [2.75, 3.05) is 6.61 Å². The number of benzene rings is 2. The first-order valence-corrected chi connectivity index (χ1v) is 6.83. The minimum Gasteiger partial charge on any atom is -0.491 e. The highest BCUT2D eigenvalue weighted by atomic mass is 19.1. The number of aliphatic carboxylic acids is 1. The number of rotatable bonds is 6. The number of ether oxygens (including phenoxy) is 1. The normalized spacial score (nSPS) is 10.4. The molecule has 0 saturated heterocycles. The molecule has 110 valence electrons. The Labute approximate surface area is 123 Å². The van der Waals surface area contributed by atoms with Gasteiger partial charge in [0.1, 0.15) is 0 Å². The molecular formula is C17H17FO3. The van der Waals surface area contributed by atoms with Crippen LogP contribution in [-0.2, 0) is 11.2 Å². The van der Waals surface area contributed by atoms with Gasteiger partial charge in [-0.15, -0.1) is 0 Å². The summed E-state index contributed by atoms with van der Waals surface area (Å²) in [5.74, 6) is -1.01. The highest BCUT2D eigenvalue weighted by Crippen LogP contribution is 2.26. The molecule has 0 amide bonds. The van der Waals surface area contributed by atoms with Gasteiger partial charge in [-0.1, -0.05) is 37.3 Å². The van der Waals surface area contributed by atoms with Gasteiger partial charge in [0.25, 0.3) is 0 Å². The van der Waals surface area contributed by atoms with Crippen molar-refractivity contribution in [2.45, 2.75) is 19.8 Å². The van der Waals surface area contributed by atoms with E-state index in [4.69, 9.17) is 9.84 Å². The Morgan fingerprint density at radius 1 is 1.14 bits per heavy atom. The van der Waals surface area contributed by atoms with Crippen molar-refractivity contribution in [3.63, 3.8) is 0 Å². The number of carboxylic acids is 1. The van der Waals surface area contributed by atoms with Crippen molar-refractivity contribution < 1.29 is 19.0 Å². The molecule has 0 radical (unpaired) electrons. The molecule has 0 spiro atoms. The fourth-order valence-electron chi connectivity index (χ4n) is 2.00. The van der Waals surface area contributed by atoms with Crippen molar-refractivity contribution in [1.29, 1.82) is 0 Å². The summed E-state index contributed by atoms with van der Waals surface area (Å²) in [6.45, 7) is 2.45. The average molecular weight is 288 g/mol. The zero-order valence-corrected chi connectivity index (χ0v) is 11.8. The smallest absolute Gasteiger partial charge is 0.307 e. The summed E-state index contributed by atoms with van der Waals surface area (Å²) in [6, 6.07) is 11.9. The van der Waals surface area contributed by atoms with E-state index in [2.05, 4.69) is 0 Å². The van der Waals surface area contributed by atoms with Crippen molar-refractivity contribution in [1.82, 2.24) is 0 Å². The van der Waals surface area contributed by atoms with Gasteiger partial charge in [-0.25, -0.2) is 4.39 Å². The van der Waals surface area contributed by atoms with Crippen LogP contribution in [0, 0.1) is 5.82 Å². The van der Waals surface area contributed by atoms with E-state index in [1.807, 2.05) is 6.92 Å². The minimum absolute atomic E-state index is 0.0154. The van der Waals surface area contributed by atoms with Crippen LogP contribution in [-0.4, -0.2) is 17.7 Å². The SMILES string of the molecule is CCCOc1ccc(-c2ccc(CC(=O)O)cc2)cc1F. The third-order valence-electron chi connectivity index (χ3n) is 3.04. The van der Waals surface area contributed by atoms with E-state index in [1.165, 1.54) is 6.07 Å². The van der Waals surface area contributed by atoms with E-state index < -0.39 is 11.8 Å². The molecular weight excluding hydrogens is 271 g/mol. The van der Waals surface area contributed by atoms with Gasteiger partial charge in [-0.2, -0.15) is 0 Å². The quantitative estimate of drug-likeness (QED) is 0.876. The largest absolute Gasteiger partial charge is 0.491 e. The van der Waals surface area contributed by atoms with Crippen LogP contribution in [0.1, 0.15) is 18.9 Å². The summed E-state index contributed by atoms with van der Waals surface area (Å²) in [7, 11) is 0. The summed E-state index contributed by atoms with van der Waals surface area (Å²) in [5.41, 5.74) is 2.29. The fraction of sp³-hybridized carbons (Fsp3) is 0.235. The fourth-order valence-corrected chi connectivity index (χ4v) is 2.00. The van der Waals surface area contributed by atoms with Gasteiger partial charge >= 0.3 is 5.97 Å². The Morgan fingerprint density at radius 3 is 2.38 bits per heavy atom. The van der Waals surface area contributed by atoms with Gasteiger partial charge in [-0.05, 0) is 35.2 Å². The van der Waals surface area contributed by atoms with Crippen LogP contribution in [0.5, 0.6) is 5.75 Å². The lowest BCUT2D eigenvalue weighted by molar-refractivity contribution is -0.136. The molecule has 4 heteroatoms. The Balaban J connectivity index is 2.18. The summed E-state index contributed by atoms with van der Waals surface area (Å²) in [5, 5.41) is 8.73. The van der Waals surface area contributed by atoms with E-state index in [1.54, 1.807) is 36.4 Å². The Bertz CT molecular complexity index is 620. The molecule has 0 fully saturated rings. The lowest BCUT2D eigenvalue weighted by atomic mass is 10.0. The van der Waals surface area contributed by atoms with Crippen molar-refractivity contribution in [3.05, 3.63) is 53.8 Å². The van der Waals surface area contributed by atoms with Gasteiger partial charge in [-0.3, -0.25) is 4.79 Å². The monoisotopic (exact) mass is 288 g/mol. The topological polar surface area (TPSA) is 46.5 Å². The second kappa shape index (κ2) is 6.88. The molecule has 2 aromatic carbocycles. The number of halogens is 1. The number of carboxylic acid groups (broad SMARTS) is 1. The van der Waals surface area contributed by atoms with E-state index in [0.29, 0.717) is 6.61 Å². The number of hydrogen-bond acceptors (Lipinski definition) is 2. The Hall–Kier alpha value is -2.36. The van der Waals surface area contributed by atoms with Crippen molar-refractivity contribution in [2.24, 2.45) is 0 Å². The van der Waals surface area contributed by atoms with Gasteiger partial charge in [0.2, 0.25) is 0 Å². The van der Waals surface area contributed by atoms with E-state index in [0.717, 1.165) is 23.1 Å². The number of carbonyl (C=O) groups is 1. The van der Waals surface area contributed by atoms with Crippen LogP contribution in [0.4, 0.5) is 4.39 Å². The van der Waals surface area contributed by atoms with Crippen LogP contribution in [0.3, 0.4) is 0 Å². The van der Waals surface area contributed by atoms with Crippen LogP contribution in [0.25, 0.3) is 11.1 Å². The lowest BCUT2D eigenvalue weighted by Crippen LogP contribution is -1.99. The average Bonchev–Trinajstić information content (AvgIpc) is 2.46. The van der Waals surface area contributed by atoms with E-state index >= 15 is 0 Å². The molecule has 0 unspecified atom stereocenters. The standard InChI is InChI=1S/C17H17FO3/c1-2-9-21-16-8-7-14(11-15(16)18)13-5-3-12(4-6-13)10-17(19)20/h3-8,11H,2,9-10H2,1H3,(H,19,20). The summed E-state index contributed by atoms with van der Waals surface area (Å²) in [4.78, 5) is 10.6. The molecule has 0 aliphatic carbocycles. The Morgan fingerprint density at radius 2 is 1.81 bits per heavy atom. The van der Waals surface area contributed by atoms with Crippen LogP contribution >= 0.6 is 0 Å². The third-order valence-corrected chi connectivity index (χ3v) is 3.04. The predicted molar refractivity (Wildman–Crippen MR) is 79.0 cm³/mol. The predicted octanol–water partition coefficient (Wildman–Crippen LogP) is 3.91. The summed E-state index contributed by atoms with van der Waals surface area (Å²) >= 11 is 0. The van der Waals surface area contributed by atoms with E-state index in [9.17, 15) is 9.18 Å². The maximum absolute atomic E-state index is 13.9. The lowest BCUT2D eigenvalue weighted by Gasteiger charge is -2.08. The molecule has 0 bridgehead atoms. The van der Waals surface area contributed by atoms with Crippen molar-refractivity contribution >= 4 is 5.97 Å². The molecule has 0 atom stereocenters. The molecule has 2 aromatic rings. The first kappa shape index (κ1) is 15.0. The van der Waals surface area contributed by atoms with Gasteiger partial charge in [0, 0.05) is 0 Å². The highest BCUT2D eigenvalue weighted by molar-refractivity contribution is 5.71. The molecule has 0 saturated carbocycles. The molecule has 0 aromatic heterocycles. The molecule has 0 aliphatic heterocycles. The molecule has 0 aliphatic rings. The summed E-state index contributed by atoms with van der Waals surface area (Å²) < 4.78 is 19.2. The van der Waals surface area contributed by atoms with Crippen LogP contribution in [0.2, 0.25) is 0 Å². The van der Waals surface area contributed by atoms with Gasteiger partial charge in [0.15, 0.2) is 11.6 Å². The van der Waals surface area contributed by atoms with Crippen LogP contribution in [0.15, 0.2) is 42.5 Å². The summed E-state index contributed by atoms with van der Waals surface area (Å²) in [6.07, 6.45) is 0.810. The van der Waals surface area contributed by atoms with Crippen LogP contribution < -0.4 is 4.74 Å². The molecule has 2 rings (SSSR count). The third kappa shape index (κ3) is 4.05. The second-order valence-electron chi connectivity index (χ2n) is 4.76. The molecule has 0 heterocycles. The number of hydrogen-bond donors (Lipinski definition) is 1. The van der Waals surface area contributed by atoms with Gasteiger partial charge in [0.05, 0.1) is 13.0 Å². The highest BCUT2D eigenvalue weighted by Gasteiger charge is 2.07. The minimum atomic E-state index is -0.869. The van der Waals surface area contributed by atoms with Gasteiger partial charge < -0.3 is 9.84 Å². The zero-order chi connectivity index (χ0) is 15.2. The first-order chi connectivity index (χ1) is 10.1. The molecule has 21 heavy (non-hydrogen) atoms. The maximum Gasteiger partial charge on any atom is 0.307 e. The maximum atomic E-state index is 13.9. The Kier molecular flexibility index (Phi) is 4.93. The molecule has 1 N–H and O–H groups in total. The van der Waals surface area contributed by atoms with Crippen molar-refractivity contribution in [3.8, 4) is 16.9 Å². The second-order valence-corrected chi connectivity index (χ2v) is 4.76. The van der Waals surface area contributed by atoms with E-state index in [-0.39, 0.29) is 12.2 Å². The first-order valence-electron chi connectivity index (χ1n) is 6.83.